The molecule has 3 aromatic heterocycles. The van der Waals surface area contributed by atoms with Gasteiger partial charge in [0, 0.05) is 24.5 Å². The fourth-order valence-corrected chi connectivity index (χ4v) is 3.66. The number of imidazole rings is 2. The molecule has 3 heterocycles. The van der Waals surface area contributed by atoms with Crippen LogP contribution in [0.2, 0.25) is 0 Å². The summed E-state index contributed by atoms with van der Waals surface area (Å²) >= 11 is 0. The van der Waals surface area contributed by atoms with E-state index in [9.17, 15) is 17.6 Å². The minimum Gasteiger partial charge on any atom is -0.327 e. The fraction of sp³-hybridized carbons (Fsp3) is 0.227. The molecule has 0 saturated heterocycles. The minimum absolute atomic E-state index is 0.307. The van der Waals surface area contributed by atoms with Crippen LogP contribution in [0.4, 0.5) is 17.6 Å². The second kappa shape index (κ2) is 7.98. The van der Waals surface area contributed by atoms with Crippen LogP contribution in [-0.4, -0.2) is 24.1 Å². The van der Waals surface area contributed by atoms with Gasteiger partial charge in [0.2, 0.25) is 5.95 Å². The maximum absolute atomic E-state index is 13.6. The van der Waals surface area contributed by atoms with Crippen molar-refractivity contribution in [1.29, 1.82) is 0 Å². The molecule has 0 aliphatic carbocycles. The van der Waals surface area contributed by atoms with E-state index in [1.54, 1.807) is 42.1 Å². The molecule has 0 aliphatic rings. The maximum atomic E-state index is 13.6. The molecule has 0 atom stereocenters. The third-order valence-corrected chi connectivity index (χ3v) is 4.97. The number of aromatic nitrogens is 5. The quantitative estimate of drug-likeness (QED) is 0.318. The second-order valence-corrected chi connectivity index (χ2v) is 7.01. The normalized spacial score (nSPS) is 11.8. The zero-order valence-corrected chi connectivity index (χ0v) is 16.9. The van der Waals surface area contributed by atoms with Crippen LogP contribution in [0, 0.1) is 12.9 Å². The largest absolute Gasteiger partial charge is 0.416 e. The van der Waals surface area contributed by atoms with Gasteiger partial charge in [-0.25, -0.2) is 15.0 Å². The summed E-state index contributed by atoms with van der Waals surface area (Å²) in [4.78, 5) is 12.8. The summed E-state index contributed by atoms with van der Waals surface area (Å²) in [6.45, 7) is 4.50. The van der Waals surface area contributed by atoms with E-state index in [1.165, 1.54) is 12.1 Å². The molecule has 4 rings (SSSR count). The van der Waals surface area contributed by atoms with Gasteiger partial charge in [0.05, 0.1) is 23.5 Å². The van der Waals surface area contributed by atoms with Crippen molar-refractivity contribution in [1.82, 2.24) is 24.1 Å². The van der Waals surface area contributed by atoms with E-state index in [0.717, 1.165) is 12.1 Å². The highest BCUT2D eigenvalue weighted by Gasteiger charge is 2.31. The van der Waals surface area contributed by atoms with Crippen molar-refractivity contribution >= 4 is 0 Å². The lowest BCUT2D eigenvalue weighted by molar-refractivity contribution is -0.137. The SMILES string of the molecule is CCn1c(Cn2ccnc2-c2cccc(F)n2)nc(C)c1-c1cccc(C(F)(F)F)c1. The molecule has 0 spiro atoms. The van der Waals surface area contributed by atoms with E-state index in [2.05, 4.69) is 15.0 Å². The van der Waals surface area contributed by atoms with Crippen LogP contribution in [0.25, 0.3) is 22.8 Å². The van der Waals surface area contributed by atoms with E-state index in [-0.39, 0.29) is 0 Å². The smallest absolute Gasteiger partial charge is 0.327 e. The molecule has 0 aliphatic heterocycles. The summed E-state index contributed by atoms with van der Waals surface area (Å²) < 4.78 is 56.8. The number of hydrogen-bond acceptors (Lipinski definition) is 3. The molecule has 0 radical (unpaired) electrons. The van der Waals surface area contributed by atoms with Gasteiger partial charge in [0.15, 0.2) is 5.82 Å². The Morgan fingerprint density at radius 1 is 1.03 bits per heavy atom. The Labute approximate surface area is 176 Å². The first kappa shape index (κ1) is 20.8. The van der Waals surface area contributed by atoms with Crippen LogP contribution < -0.4 is 0 Å². The van der Waals surface area contributed by atoms with Crippen LogP contribution in [0.15, 0.2) is 54.9 Å². The number of alkyl halides is 3. The van der Waals surface area contributed by atoms with Crippen LogP contribution in [-0.2, 0) is 19.3 Å². The third-order valence-electron chi connectivity index (χ3n) is 4.97. The summed E-state index contributed by atoms with van der Waals surface area (Å²) in [5, 5.41) is 0. The number of halogens is 4. The molecule has 31 heavy (non-hydrogen) atoms. The van der Waals surface area contributed by atoms with Crippen molar-refractivity contribution < 1.29 is 17.6 Å². The summed E-state index contributed by atoms with van der Waals surface area (Å²) in [6, 6.07) is 9.70. The monoisotopic (exact) mass is 429 g/mol. The second-order valence-electron chi connectivity index (χ2n) is 7.01. The van der Waals surface area contributed by atoms with Gasteiger partial charge in [0.25, 0.3) is 0 Å². The number of pyridine rings is 1. The summed E-state index contributed by atoms with van der Waals surface area (Å²) in [6.07, 6.45) is -1.11. The van der Waals surface area contributed by atoms with Crippen molar-refractivity contribution in [2.75, 3.05) is 0 Å². The number of hydrogen-bond donors (Lipinski definition) is 0. The number of rotatable bonds is 5. The Balaban J connectivity index is 1.74. The van der Waals surface area contributed by atoms with E-state index >= 15 is 0 Å². The Kier molecular flexibility index (Phi) is 5.34. The van der Waals surface area contributed by atoms with Gasteiger partial charge in [-0.3, -0.25) is 0 Å². The summed E-state index contributed by atoms with van der Waals surface area (Å²) in [7, 11) is 0. The van der Waals surface area contributed by atoms with Crippen molar-refractivity contribution in [3.05, 3.63) is 77.9 Å². The first-order valence-electron chi connectivity index (χ1n) is 9.65. The highest BCUT2D eigenvalue weighted by atomic mass is 19.4. The molecule has 9 heteroatoms. The highest BCUT2D eigenvalue weighted by Crippen LogP contribution is 2.33. The molecular weight excluding hydrogens is 410 g/mol. The Morgan fingerprint density at radius 3 is 2.52 bits per heavy atom. The first-order chi connectivity index (χ1) is 14.8. The minimum atomic E-state index is -4.42. The van der Waals surface area contributed by atoms with Crippen molar-refractivity contribution in [2.24, 2.45) is 0 Å². The van der Waals surface area contributed by atoms with Gasteiger partial charge in [-0.15, -0.1) is 0 Å². The predicted molar refractivity (Wildman–Crippen MR) is 108 cm³/mol. The average molecular weight is 429 g/mol. The van der Waals surface area contributed by atoms with E-state index < -0.39 is 17.7 Å². The standard InChI is InChI=1S/C22H19F4N5/c1-3-31-19(13-30-11-10-27-21(30)17-8-5-9-18(23)29-17)28-14(2)20(31)15-6-4-7-16(12-15)22(24,25)26/h4-12H,3,13H2,1-2H3. The lowest BCUT2D eigenvalue weighted by atomic mass is 10.1. The predicted octanol–water partition coefficient (Wildman–Crippen LogP) is 5.34. The molecular formula is C22H19F4N5. The zero-order valence-electron chi connectivity index (χ0n) is 16.9. The summed E-state index contributed by atoms with van der Waals surface area (Å²) in [5.41, 5.74) is 1.39. The topological polar surface area (TPSA) is 48.5 Å². The molecule has 0 saturated carbocycles. The van der Waals surface area contributed by atoms with E-state index in [4.69, 9.17) is 0 Å². The number of benzene rings is 1. The molecule has 0 N–H and O–H groups in total. The molecule has 4 aromatic rings. The Hall–Kier alpha value is -3.49. The zero-order chi connectivity index (χ0) is 22.2. The molecule has 1 aromatic carbocycles. The van der Waals surface area contributed by atoms with Crippen molar-refractivity contribution in [2.45, 2.75) is 33.1 Å². The molecule has 160 valence electrons. The lowest BCUT2D eigenvalue weighted by Gasteiger charge is -2.13. The van der Waals surface area contributed by atoms with Gasteiger partial charge in [0.1, 0.15) is 11.5 Å². The highest BCUT2D eigenvalue weighted by molar-refractivity contribution is 5.64. The molecule has 0 bridgehead atoms. The summed E-state index contributed by atoms with van der Waals surface area (Å²) in [5.74, 6) is 0.524. The molecule has 0 amide bonds. The Bertz CT molecular complexity index is 1220. The van der Waals surface area contributed by atoms with Gasteiger partial charge in [-0.2, -0.15) is 17.6 Å². The van der Waals surface area contributed by atoms with E-state index in [1.807, 2.05) is 11.5 Å². The van der Waals surface area contributed by atoms with Gasteiger partial charge in [-0.05, 0) is 38.1 Å². The van der Waals surface area contributed by atoms with Crippen LogP contribution in [0.5, 0.6) is 0 Å². The van der Waals surface area contributed by atoms with Crippen LogP contribution in [0.1, 0.15) is 24.0 Å². The number of nitrogens with zero attached hydrogens (tertiary/aromatic N) is 5. The Morgan fingerprint density at radius 2 is 1.81 bits per heavy atom. The number of aryl methyl sites for hydroxylation is 1. The van der Waals surface area contributed by atoms with Crippen LogP contribution in [0.3, 0.4) is 0 Å². The molecule has 0 fully saturated rings. The van der Waals surface area contributed by atoms with Gasteiger partial charge >= 0.3 is 6.18 Å². The van der Waals surface area contributed by atoms with Crippen molar-refractivity contribution in [3.63, 3.8) is 0 Å². The van der Waals surface area contributed by atoms with E-state index in [0.29, 0.717) is 47.4 Å². The molecule has 5 nitrogen and oxygen atoms in total. The maximum Gasteiger partial charge on any atom is 0.416 e. The average Bonchev–Trinajstić information content (AvgIpc) is 3.31. The van der Waals surface area contributed by atoms with Crippen LogP contribution >= 0.6 is 0 Å². The lowest BCUT2D eigenvalue weighted by Crippen LogP contribution is -2.10. The first-order valence-corrected chi connectivity index (χ1v) is 9.65. The molecule has 0 unspecified atom stereocenters. The van der Waals surface area contributed by atoms with Gasteiger partial charge in [-0.1, -0.05) is 18.2 Å². The third kappa shape index (κ3) is 4.08. The van der Waals surface area contributed by atoms with Crippen molar-refractivity contribution in [3.8, 4) is 22.8 Å². The fourth-order valence-electron chi connectivity index (χ4n) is 3.66. The van der Waals surface area contributed by atoms with Gasteiger partial charge < -0.3 is 9.13 Å².